The predicted molar refractivity (Wildman–Crippen MR) is 189 cm³/mol. The minimum absolute atomic E-state index is 0.0410. The molecule has 0 saturated carbocycles. The highest BCUT2D eigenvalue weighted by Crippen LogP contribution is 2.28. The summed E-state index contributed by atoms with van der Waals surface area (Å²) in [6, 6.07) is 26.5. The van der Waals surface area contributed by atoms with Crippen LogP contribution in [0.5, 0.6) is 0 Å². The third-order valence-corrected chi connectivity index (χ3v) is 10.4. The third kappa shape index (κ3) is 9.35. The normalized spacial score (nSPS) is 11.9. The topological polar surface area (TPSA) is 86.8 Å². The maximum absolute atomic E-state index is 14.5. The molecular formula is C35H36BrCl2N3O4S. The van der Waals surface area contributed by atoms with Gasteiger partial charge in [0.2, 0.25) is 11.8 Å². The Morgan fingerprint density at radius 1 is 0.913 bits per heavy atom. The molecule has 4 aromatic carbocycles. The highest BCUT2D eigenvalue weighted by atomic mass is 79.9. The van der Waals surface area contributed by atoms with Gasteiger partial charge in [-0.15, -0.1) is 0 Å². The van der Waals surface area contributed by atoms with Crippen LogP contribution in [0.2, 0.25) is 10.0 Å². The summed E-state index contributed by atoms with van der Waals surface area (Å²) in [7, 11) is -4.19. The molecule has 0 aliphatic carbocycles. The number of carbonyl (C=O) groups is 2. The molecule has 0 fully saturated rings. The van der Waals surface area contributed by atoms with Gasteiger partial charge in [-0.05, 0) is 73.0 Å². The maximum atomic E-state index is 14.5. The van der Waals surface area contributed by atoms with Crippen molar-refractivity contribution >= 4 is 66.7 Å². The number of amides is 2. The Morgan fingerprint density at radius 2 is 1.59 bits per heavy atom. The molecule has 1 atom stereocenters. The first-order valence-corrected chi connectivity index (χ1v) is 17.9. The van der Waals surface area contributed by atoms with E-state index < -0.39 is 28.5 Å². The van der Waals surface area contributed by atoms with Crippen LogP contribution >= 0.6 is 39.1 Å². The Morgan fingerprint density at radius 3 is 2.22 bits per heavy atom. The molecule has 4 rings (SSSR count). The second-order valence-corrected chi connectivity index (χ2v) is 14.5. The number of rotatable bonds is 14. The molecule has 242 valence electrons. The van der Waals surface area contributed by atoms with Crippen LogP contribution in [0, 0.1) is 6.92 Å². The quantitative estimate of drug-likeness (QED) is 0.134. The van der Waals surface area contributed by atoms with Crippen molar-refractivity contribution in [2.45, 2.75) is 50.6 Å². The van der Waals surface area contributed by atoms with Crippen LogP contribution in [0.25, 0.3) is 0 Å². The van der Waals surface area contributed by atoms with Crippen LogP contribution in [0.4, 0.5) is 5.69 Å². The Balaban J connectivity index is 1.80. The average molecular weight is 746 g/mol. The van der Waals surface area contributed by atoms with Crippen LogP contribution in [-0.2, 0) is 32.6 Å². The van der Waals surface area contributed by atoms with E-state index in [1.807, 2.05) is 44.2 Å². The zero-order chi connectivity index (χ0) is 33.3. The summed E-state index contributed by atoms with van der Waals surface area (Å²) < 4.78 is 30.1. The second-order valence-electron chi connectivity index (χ2n) is 10.9. The average Bonchev–Trinajstić information content (AvgIpc) is 3.03. The number of hydrogen-bond donors (Lipinski definition) is 1. The standard InChI is InChI=1S/C35H36BrCl2N3O4S/c1-3-4-20-39-35(43)33(21-26-8-6-5-7-9-26)40(23-27-12-15-29(37)22-32(27)38)34(42)24-41(30-16-13-28(36)14-17-30)46(44,45)31-18-10-25(2)11-19-31/h5-19,22,33H,3-4,20-21,23-24H2,1-2H3,(H,39,43)/t33-/m1/s1. The highest BCUT2D eigenvalue weighted by Gasteiger charge is 2.35. The van der Waals surface area contributed by atoms with Crippen molar-refractivity contribution in [3.8, 4) is 0 Å². The van der Waals surface area contributed by atoms with Gasteiger partial charge in [-0.1, -0.05) is 107 Å². The molecule has 0 spiro atoms. The number of sulfonamides is 1. The number of nitrogens with zero attached hydrogens (tertiary/aromatic N) is 2. The summed E-state index contributed by atoms with van der Waals surface area (Å²) in [5.74, 6) is -0.913. The molecule has 0 aliphatic rings. The molecule has 7 nitrogen and oxygen atoms in total. The number of nitrogens with one attached hydrogen (secondary N) is 1. The van der Waals surface area contributed by atoms with Gasteiger partial charge >= 0.3 is 0 Å². The summed E-state index contributed by atoms with van der Waals surface area (Å²) in [4.78, 5) is 29.8. The Hall–Kier alpha value is -3.37. The molecule has 1 N–H and O–H groups in total. The van der Waals surface area contributed by atoms with Gasteiger partial charge < -0.3 is 10.2 Å². The van der Waals surface area contributed by atoms with Crippen molar-refractivity contribution in [3.63, 3.8) is 0 Å². The molecule has 2 amide bonds. The van der Waals surface area contributed by atoms with Gasteiger partial charge in [-0.2, -0.15) is 0 Å². The lowest BCUT2D eigenvalue weighted by molar-refractivity contribution is -0.140. The number of hydrogen-bond acceptors (Lipinski definition) is 4. The van der Waals surface area contributed by atoms with Gasteiger partial charge in [0, 0.05) is 34.0 Å². The van der Waals surface area contributed by atoms with E-state index in [9.17, 15) is 18.0 Å². The summed E-state index contributed by atoms with van der Waals surface area (Å²) in [5.41, 5.74) is 2.60. The Kier molecular flexibility index (Phi) is 12.7. The number of unbranched alkanes of at least 4 members (excludes halogenated alkanes) is 1. The molecule has 0 aromatic heterocycles. The van der Waals surface area contributed by atoms with Gasteiger partial charge in [0.1, 0.15) is 12.6 Å². The van der Waals surface area contributed by atoms with E-state index >= 15 is 0 Å². The minimum Gasteiger partial charge on any atom is -0.354 e. The molecule has 0 radical (unpaired) electrons. The minimum atomic E-state index is -4.19. The molecule has 0 heterocycles. The lowest BCUT2D eigenvalue weighted by Gasteiger charge is -2.34. The zero-order valence-corrected chi connectivity index (χ0v) is 29.5. The SMILES string of the molecule is CCCCNC(=O)[C@@H](Cc1ccccc1)N(Cc1ccc(Cl)cc1Cl)C(=O)CN(c1ccc(Br)cc1)S(=O)(=O)c1ccc(C)cc1. The number of benzene rings is 4. The van der Waals surface area contributed by atoms with E-state index in [1.54, 1.807) is 54.6 Å². The number of carbonyl (C=O) groups excluding carboxylic acids is 2. The molecule has 11 heteroatoms. The number of halogens is 3. The molecule has 0 aliphatic heterocycles. The van der Waals surface area contributed by atoms with E-state index in [0.29, 0.717) is 27.8 Å². The molecular weight excluding hydrogens is 709 g/mol. The third-order valence-electron chi connectivity index (χ3n) is 7.46. The van der Waals surface area contributed by atoms with Crippen molar-refractivity contribution < 1.29 is 18.0 Å². The lowest BCUT2D eigenvalue weighted by atomic mass is 10.0. The Bertz CT molecular complexity index is 1740. The van der Waals surface area contributed by atoms with Crippen LogP contribution < -0.4 is 9.62 Å². The van der Waals surface area contributed by atoms with Crippen LogP contribution in [0.15, 0.2) is 106 Å². The van der Waals surface area contributed by atoms with E-state index in [0.717, 1.165) is 32.7 Å². The molecule has 0 saturated heterocycles. The molecule has 0 unspecified atom stereocenters. The van der Waals surface area contributed by atoms with Crippen molar-refractivity contribution in [3.05, 3.63) is 128 Å². The van der Waals surface area contributed by atoms with Crippen LogP contribution in [0.3, 0.4) is 0 Å². The largest absolute Gasteiger partial charge is 0.354 e. The predicted octanol–water partition coefficient (Wildman–Crippen LogP) is 7.82. The van der Waals surface area contributed by atoms with E-state index in [2.05, 4.69) is 21.2 Å². The van der Waals surface area contributed by atoms with Crippen molar-refractivity contribution in [1.82, 2.24) is 10.2 Å². The first-order chi connectivity index (χ1) is 22.0. The van der Waals surface area contributed by atoms with Crippen molar-refractivity contribution in [2.75, 3.05) is 17.4 Å². The summed E-state index contributed by atoms with van der Waals surface area (Å²) in [5, 5.41) is 3.73. The van der Waals surface area contributed by atoms with Crippen molar-refractivity contribution in [1.29, 1.82) is 0 Å². The molecule has 0 bridgehead atoms. The highest BCUT2D eigenvalue weighted by molar-refractivity contribution is 9.10. The van der Waals surface area contributed by atoms with Crippen LogP contribution in [0.1, 0.15) is 36.5 Å². The fraction of sp³-hybridized carbons (Fsp3) is 0.257. The number of anilines is 1. The summed E-state index contributed by atoms with van der Waals surface area (Å²) in [6.07, 6.45) is 1.86. The van der Waals surface area contributed by atoms with Gasteiger partial charge in [-0.25, -0.2) is 8.42 Å². The summed E-state index contributed by atoms with van der Waals surface area (Å²) >= 11 is 16.1. The van der Waals surface area contributed by atoms with Gasteiger partial charge in [0.25, 0.3) is 10.0 Å². The van der Waals surface area contributed by atoms with E-state index in [1.165, 1.54) is 17.0 Å². The monoisotopic (exact) mass is 743 g/mol. The maximum Gasteiger partial charge on any atom is 0.264 e. The molecule has 4 aromatic rings. The van der Waals surface area contributed by atoms with Crippen molar-refractivity contribution in [2.24, 2.45) is 0 Å². The fourth-order valence-corrected chi connectivity index (χ4v) is 7.01. The second kappa shape index (κ2) is 16.5. The lowest BCUT2D eigenvalue weighted by Crippen LogP contribution is -2.53. The van der Waals surface area contributed by atoms with Crippen LogP contribution in [-0.4, -0.2) is 44.3 Å². The summed E-state index contributed by atoms with van der Waals surface area (Å²) in [6.45, 7) is 3.72. The van der Waals surface area contributed by atoms with Gasteiger partial charge in [-0.3, -0.25) is 13.9 Å². The smallest absolute Gasteiger partial charge is 0.264 e. The fourth-order valence-electron chi connectivity index (χ4n) is 4.87. The first kappa shape index (κ1) is 35.5. The Labute approximate surface area is 289 Å². The van der Waals surface area contributed by atoms with Gasteiger partial charge in [0.05, 0.1) is 10.6 Å². The number of aryl methyl sites for hydroxylation is 1. The van der Waals surface area contributed by atoms with E-state index in [-0.39, 0.29) is 23.8 Å². The zero-order valence-electron chi connectivity index (χ0n) is 25.6. The molecule has 46 heavy (non-hydrogen) atoms. The van der Waals surface area contributed by atoms with E-state index in [4.69, 9.17) is 23.2 Å². The van der Waals surface area contributed by atoms with Gasteiger partial charge in [0.15, 0.2) is 0 Å². The first-order valence-electron chi connectivity index (χ1n) is 14.9.